The molecule has 0 saturated heterocycles. The van der Waals surface area contributed by atoms with Gasteiger partial charge in [-0.3, -0.25) is 0 Å². The van der Waals surface area contributed by atoms with Crippen molar-refractivity contribution in [3.05, 3.63) is 34.1 Å². The smallest absolute Gasteiger partial charge is 0.123 e. The average molecular weight is 358 g/mol. The van der Waals surface area contributed by atoms with E-state index < -0.39 is 0 Å². The Hall–Kier alpha value is -0.410. The number of rotatable bonds is 11. The summed E-state index contributed by atoms with van der Waals surface area (Å²) < 4.78 is 14.4. The van der Waals surface area contributed by atoms with Crippen molar-refractivity contribution in [2.45, 2.75) is 71.3 Å². The van der Waals surface area contributed by atoms with E-state index in [0.29, 0.717) is 6.04 Å². The second-order valence-electron chi connectivity index (χ2n) is 5.75. The largest absolute Gasteiger partial charge is 0.314 e. The summed E-state index contributed by atoms with van der Waals surface area (Å²) in [5.74, 6) is -0.150. The molecular weight excluding hydrogens is 329 g/mol. The Balaban J connectivity index is 2.40. The van der Waals surface area contributed by atoms with Gasteiger partial charge in [-0.2, -0.15) is 0 Å². The molecule has 0 aliphatic heterocycles. The maximum atomic E-state index is 13.4. The molecule has 0 aliphatic carbocycles. The number of halogens is 2. The van der Waals surface area contributed by atoms with E-state index in [-0.39, 0.29) is 5.82 Å². The van der Waals surface area contributed by atoms with Crippen LogP contribution in [-0.4, -0.2) is 12.6 Å². The normalized spacial score (nSPS) is 12.6. The topological polar surface area (TPSA) is 12.0 Å². The third-order valence-electron chi connectivity index (χ3n) is 3.87. The zero-order chi connectivity index (χ0) is 15.5. The van der Waals surface area contributed by atoms with Crippen LogP contribution in [0.1, 0.15) is 64.4 Å². The second-order valence-corrected chi connectivity index (χ2v) is 6.61. The molecule has 1 unspecified atom stereocenters. The van der Waals surface area contributed by atoms with Gasteiger partial charge in [0.05, 0.1) is 0 Å². The number of hydrogen-bond acceptors (Lipinski definition) is 1. The lowest BCUT2D eigenvalue weighted by Gasteiger charge is -2.19. The van der Waals surface area contributed by atoms with Crippen molar-refractivity contribution in [3.8, 4) is 0 Å². The van der Waals surface area contributed by atoms with Crippen molar-refractivity contribution in [2.75, 3.05) is 6.54 Å². The van der Waals surface area contributed by atoms with Crippen molar-refractivity contribution in [3.63, 3.8) is 0 Å². The van der Waals surface area contributed by atoms with Crippen LogP contribution in [0.15, 0.2) is 22.7 Å². The van der Waals surface area contributed by atoms with E-state index in [9.17, 15) is 4.39 Å². The van der Waals surface area contributed by atoms with E-state index in [2.05, 4.69) is 35.1 Å². The molecule has 0 aliphatic rings. The molecule has 0 aromatic heterocycles. The molecular formula is C18H29BrFN. The molecule has 1 atom stereocenters. The van der Waals surface area contributed by atoms with Crippen molar-refractivity contribution >= 4 is 15.9 Å². The van der Waals surface area contributed by atoms with Gasteiger partial charge in [0.1, 0.15) is 5.82 Å². The van der Waals surface area contributed by atoms with Crippen LogP contribution in [0.25, 0.3) is 0 Å². The summed E-state index contributed by atoms with van der Waals surface area (Å²) in [5.41, 5.74) is 1.06. The Morgan fingerprint density at radius 2 is 1.81 bits per heavy atom. The highest BCUT2D eigenvalue weighted by molar-refractivity contribution is 9.10. The van der Waals surface area contributed by atoms with Crippen LogP contribution < -0.4 is 5.32 Å². The SMILES string of the molecule is CCCCCCCCC(Cc1cc(F)ccc1Br)NCC. The summed E-state index contributed by atoms with van der Waals surface area (Å²) in [6.45, 7) is 5.35. The number of benzene rings is 1. The van der Waals surface area contributed by atoms with Crippen LogP contribution in [0.3, 0.4) is 0 Å². The summed E-state index contributed by atoms with van der Waals surface area (Å²) in [6, 6.07) is 5.40. The average Bonchev–Trinajstić information content (AvgIpc) is 2.46. The molecule has 1 nitrogen and oxygen atoms in total. The van der Waals surface area contributed by atoms with E-state index in [1.54, 1.807) is 12.1 Å². The van der Waals surface area contributed by atoms with Gasteiger partial charge >= 0.3 is 0 Å². The fourth-order valence-electron chi connectivity index (χ4n) is 2.70. The van der Waals surface area contributed by atoms with Crippen LogP contribution in [-0.2, 0) is 6.42 Å². The second kappa shape index (κ2) is 11.2. The van der Waals surface area contributed by atoms with Gasteiger partial charge in [0.25, 0.3) is 0 Å². The van der Waals surface area contributed by atoms with Crippen molar-refractivity contribution in [1.82, 2.24) is 5.32 Å². The van der Waals surface area contributed by atoms with E-state index >= 15 is 0 Å². The van der Waals surface area contributed by atoms with Crippen LogP contribution in [0.2, 0.25) is 0 Å². The van der Waals surface area contributed by atoms with Gasteiger partial charge in [-0.1, -0.05) is 68.3 Å². The molecule has 0 bridgehead atoms. The quantitative estimate of drug-likeness (QED) is 0.489. The Labute approximate surface area is 137 Å². The lowest BCUT2D eigenvalue weighted by molar-refractivity contribution is 0.458. The first kappa shape index (κ1) is 18.6. The first-order valence-electron chi connectivity index (χ1n) is 8.34. The summed E-state index contributed by atoms with van der Waals surface area (Å²) in [6.07, 6.45) is 9.99. The lowest BCUT2D eigenvalue weighted by atomic mass is 9.99. The van der Waals surface area contributed by atoms with E-state index in [1.165, 1.54) is 51.0 Å². The van der Waals surface area contributed by atoms with E-state index in [4.69, 9.17) is 0 Å². The van der Waals surface area contributed by atoms with Gasteiger partial charge in [0.2, 0.25) is 0 Å². The molecule has 1 rings (SSSR count). The number of unbranched alkanes of at least 4 members (excludes halogenated alkanes) is 5. The van der Waals surface area contributed by atoms with Crippen molar-refractivity contribution in [2.24, 2.45) is 0 Å². The minimum Gasteiger partial charge on any atom is -0.314 e. The standard InChI is InChI=1S/C18H29BrFN/c1-3-5-6-7-8-9-10-17(21-4-2)14-15-13-16(20)11-12-18(15)19/h11-13,17,21H,3-10,14H2,1-2H3. The van der Waals surface area contributed by atoms with E-state index in [0.717, 1.165) is 23.0 Å². The molecule has 3 heteroatoms. The lowest BCUT2D eigenvalue weighted by Crippen LogP contribution is -2.31. The summed E-state index contributed by atoms with van der Waals surface area (Å²) >= 11 is 3.53. The zero-order valence-electron chi connectivity index (χ0n) is 13.4. The molecule has 0 spiro atoms. The Morgan fingerprint density at radius 1 is 1.10 bits per heavy atom. The van der Waals surface area contributed by atoms with Gasteiger partial charge in [0, 0.05) is 10.5 Å². The monoisotopic (exact) mass is 357 g/mol. The summed E-state index contributed by atoms with van der Waals surface area (Å²) in [7, 11) is 0. The molecule has 0 amide bonds. The van der Waals surface area contributed by atoms with E-state index in [1.807, 2.05) is 0 Å². The highest BCUT2D eigenvalue weighted by atomic mass is 79.9. The summed E-state index contributed by atoms with van der Waals surface area (Å²) in [4.78, 5) is 0. The predicted molar refractivity (Wildman–Crippen MR) is 93.3 cm³/mol. The number of hydrogen-bond donors (Lipinski definition) is 1. The third kappa shape index (κ3) is 7.96. The Kier molecular flexibility index (Phi) is 9.94. The Morgan fingerprint density at radius 3 is 2.52 bits per heavy atom. The molecule has 0 heterocycles. The molecule has 1 aromatic rings. The van der Waals surface area contributed by atoms with Gasteiger partial charge < -0.3 is 5.32 Å². The first-order chi connectivity index (χ1) is 10.2. The van der Waals surface area contributed by atoms with Crippen LogP contribution in [0.5, 0.6) is 0 Å². The highest BCUT2D eigenvalue weighted by Gasteiger charge is 2.11. The maximum Gasteiger partial charge on any atom is 0.123 e. The fraction of sp³-hybridized carbons (Fsp3) is 0.667. The first-order valence-corrected chi connectivity index (χ1v) is 9.14. The predicted octanol–water partition coefficient (Wildman–Crippen LogP) is 5.86. The molecule has 21 heavy (non-hydrogen) atoms. The van der Waals surface area contributed by atoms with Crippen molar-refractivity contribution < 1.29 is 4.39 Å². The van der Waals surface area contributed by atoms with Gasteiger partial charge in [-0.15, -0.1) is 0 Å². The van der Waals surface area contributed by atoms with Crippen LogP contribution in [0.4, 0.5) is 4.39 Å². The Bertz CT molecular complexity index is 395. The summed E-state index contributed by atoms with van der Waals surface area (Å²) in [5, 5.41) is 3.54. The molecule has 0 radical (unpaired) electrons. The minimum atomic E-state index is -0.150. The minimum absolute atomic E-state index is 0.150. The maximum absolute atomic E-state index is 13.4. The molecule has 0 saturated carbocycles. The highest BCUT2D eigenvalue weighted by Crippen LogP contribution is 2.21. The molecule has 1 aromatic carbocycles. The molecule has 120 valence electrons. The molecule has 0 fully saturated rings. The fourth-order valence-corrected chi connectivity index (χ4v) is 3.11. The molecule has 1 N–H and O–H groups in total. The van der Waals surface area contributed by atoms with Gasteiger partial charge in [0.15, 0.2) is 0 Å². The van der Waals surface area contributed by atoms with Crippen LogP contribution >= 0.6 is 15.9 Å². The van der Waals surface area contributed by atoms with Crippen LogP contribution in [0, 0.1) is 5.82 Å². The number of nitrogens with one attached hydrogen (secondary N) is 1. The number of likely N-dealkylation sites (N-methyl/N-ethyl adjacent to an activating group) is 1. The third-order valence-corrected chi connectivity index (χ3v) is 4.65. The van der Waals surface area contributed by atoms with Crippen molar-refractivity contribution in [1.29, 1.82) is 0 Å². The van der Waals surface area contributed by atoms with Gasteiger partial charge in [-0.05, 0) is 43.1 Å². The van der Waals surface area contributed by atoms with Gasteiger partial charge in [-0.25, -0.2) is 4.39 Å². The zero-order valence-corrected chi connectivity index (χ0v) is 15.0.